The highest BCUT2D eigenvalue weighted by Gasteiger charge is 2.47. The van der Waals surface area contributed by atoms with E-state index in [0.29, 0.717) is 11.3 Å². The summed E-state index contributed by atoms with van der Waals surface area (Å²) in [5.41, 5.74) is 2.78. The van der Waals surface area contributed by atoms with Crippen LogP contribution in [0, 0.1) is 25.7 Å². The predicted octanol–water partition coefficient (Wildman–Crippen LogP) is 3.79. The van der Waals surface area contributed by atoms with E-state index in [4.69, 9.17) is 4.74 Å². The molecule has 0 bridgehead atoms. The first-order chi connectivity index (χ1) is 15.2. The molecule has 0 spiro atoms. The highest BCUT2D eigenvalue weighted by atomic mass is 32.2. The lowest BCUT2D eigenvalue weighted by molar-refractivity contribution is -0.140. The molecule has 2 aromatic rings. The van der Waals surface area contributed by atoms with Gasteiger partial charge in [0.2, 0.25) is 11.8 Å². The summed E-state index contributed by atoms with van der Waals surface area (Å²) in [7, 11) is -2.56. The van der Waals surface area contributed by atoms with Crippen molar-refractivity contribution in [2.45, 2.75) is 51.0 Å². The summed E-state index contributed by atoms with van der Waals surface area (Å²) in [6.45, 7) is 3.77. The topological polar surface area (TPSA) is 92.8 Å². The summed E-state index contributed by atoms with van der Waals surface area (Å²) in [4.78, 5) is 26.9. The quantitative estimate of drug-likeness (QED) is 0.668. The van der Waals surface area contributed by atoms with Crippen LogP contribution in [0.2, 0.25) is 0 Å². The number of fused-ring (bicyclic) bond motifs is 1. The molecule has 1 heterocycles. The maximum absolute atomic E-state index is 13.2. The molecule has 2 fully saturated rings. The maximum atomic E-state index is 13.2. The summed E-state index contributed by atoms with van der Waals surface area (Å²) in [6.07, 6.45) is 3.41. The minimum atomic E-state index is -3.96. The monoisotopic (exact) mass is 456 g/mol. The number of ether oxygens (including phenoxy) is 1. The summed E-state index contributed by atoms with van der Waals surface area (Å²) >= 11 is 0. The van der Waals surface area contributed by atoms with Gasteiger partial charge in [-0.3, -0.25) is 19.2 Å². The zero-order valence-electron chi connectivity index (χ0n) is 18.6. The number of nitrogens with zero attached hydrogens (tertiary/aromatic N) is 1. The van der Waals surface area contributed by atoms with E-state index in [-0.39, 0.29) is 40.8 Å². The first kappa shape index (κ1) is 22.3. The second-order valence-electron chi connectivity index (χ2n) is 8.67. The number of imide groups is 1. The van der Waals surface area contributed by atoms with Crippen LogP contribution in [0.25, 0.3) is 0 Å². The minimum Gasteiger partial charge on any atom is -0.495 e. The Kier molecular flexibility index (Phi) is 5.99. The van der Waals surface area contributed by atoms with Gasteiger partial charge >= 0.3 is 0 Å². The normalized spacial score (nSPS) is 20.9. The van der Waals surface area contributed by atoms with E-state index in [2.05, 4.69) is 4.72 Å². The molecule has 2 atom stereocenters. The predicted molar refractivity (Wildman–Crippen MR) is 121 cm³/mol. The van der Waals surface area contributed by atoms with Gasteiger partial charge in [0.05, 0.1) is 31.2 Å². The molecule has 0 aromatic heterocycles. The number of likely N-dealkylation sites (tertiary alicyclic amines) is 1. The number of amides is 2. The van der Waals surface area contributed by atoms with Crippen LogP contribution in [0.15, 0.2) is 41.3 Å². The molecule has 32 heavy (non-hydrogen) atoms. The van der Waals surface area contributed by atoms with Crippen molar-refractivity contribution in [2.24, 2.45) is 11.8 Å². The molecule has 8 heteroatoms. The third-order valence-electron chi connectivity index (χ3n) is 6.43. The first-order valence-corrected chi connectivity index (χ1v) is 12.3. The van der Waals surface area contributed by atoms with E-state index in [1.165, 1.54) is 18.1 Å². The third kappa shape index (κ3) is 4.11. The van der Waals surface area contributed by atoms with Gasteiger partial charge in [-0.1, -0.05) is 31.0 Å². The average molecular weight is 457 g/mol. The Labute approximate surface area is 188 Å². The number of anilines is 1. The SMILES string of the molecule is COc1ccc(CN2C(=O)[C@@H]3CCCC[C@H]3C2=O)cc1S(=O)(=O)Nc1cc(C)ccc1C. The average Bonchev–Trinajstić information content (AvgIpc) is 3.01. The molecule has 2 amide bonds. The Bertz CT molecular complexity index is 1150. The number of carbonyl (C=O) groups is 2. The number of benzene rings is 2. The fourth-order valence-corrected chi connectivity index (χ4v) is 5.99. The van der Waals surface area contributed by atoms with Crippen LogP contribution in [0.5, 0.6) is 5.75 Å². The van der Waals surface area contributed by atoms with Gasteiger partial charge in [0.25, 0.3) is 10.0 Å². The second-order valence-corrected chi connectivity index (χ2v) is 10.3. The number of hydrogen-bond acceptors (Lipinski definition) is 5. The van der Waals surface area contributed by atoms with E-state index in [1.807, 2.05) is 26.0 Å². The van der Waals surface area contributed by atoms with Crippen LogP contribution in [0.3, 0.4) is 0 Å². The van der Waals surface area contributed by atoms with Crippen LogP contribution in [0.4, 0.5) is 5.69 Å². The summed E-state index contributed by atoms with van der Waals surface area (Å²) in [5.74, 6) is -0.562. The van der Waals surface area contributed by atoms with Crippen LogP contribution in [-0.4, -0.2) is 32.2 Å². The molecule has 4 rings (SSSR count). The largest absolute Gasteiger partial charge is 0.495 e. The van der Waals surface area contributed by atoms with Crippen molar-refractivity contribution in [3.05, 3.63) is 53.1 Å². The van der Waals surface area contributed by atoms with Gasteiger partial charge in [-0.15, -0.1) is 0 Å². The highest BCUT2D eigenvalue weighted by Crippen LogP contribution is 2.39. The Balaban J connectivity index is 1.63. The van der Waals surface area contributed by atoms with Crippen molar-refractivity contribution in [1.82, 2.24) is 4.90 Å². The molecular formula is C24H28N2O5S. The fraction of sp³-hybridized carbons (Fsp3) is 0.417. The lowest BCUT2D eigenvalue weighted by Crippen LogP contribution is -2.30. The molecule has 1 aliphatic heterocycles. The number of nitrogens with one attached hydrogen (secondary N) is 1. The molecule has 170 valence electrons. The maximum Gasteiger partial charge on any atom is 0.265 e. The van der Waals surface area contributed by atoms with Gasteiger partial charge in [-0.25, -0.2) is 8.42 Å². The summed E-state index contributed by atoms with van der Waals surface area (Å²) in [5, 5.41) is 0. The van der Waals surface area contributed by atoms with Gasteiger partial charge in [0.15, 0.2) is 0 Å². The standard InChI is InChI=1S/C24H28N2O5S/c1-15-8-9-16(2)20(12-15)25-32(29,30)22-13-17(10-11-21(22)31-3)14-26-23(27)18-6-4-5-7-19(18)24(26)28/h8-13,18-19,25H,4-7,14H2,1-3H3/t18-,19-/m1/s1. The molecule has 1 aliphatic carbocycles. The van der Waals surface area contributed by atoms with Gasteiger partial charge < -0.3 is 4.74 Å². The molecular weight excluding hydrogens is 428 g/mol. The molecule has 0 unspecified atom stereocenters. The van der Waals surface area contributed by atoms with Gasteiger partial charge in [0, 0.05) is 0 Å². The van der Waals surface area contributed by atoms with Gasteiger partial charge in [-0.2, -0.15) is 0 Å². The molecule has 7 nitrogen and oxygen atoms in total. The van der Waals surface area contributed by atoms with Crippen molar-refractivity contribution in [2.75, 3.05) is 11.8 Å². The zero-order valence-corrected chi connectivity index (χ0v) is 19.4. The number of carbonyl (C=O) groups excluding carboxylic acids is 2. The van der Waals surface area contributed by atoms with Crippen LogP contribution >= 0.6 is 0 Å². The molecule has 1 saturated carbocycles. The van der Waals surface area contributed by atoms with E-state index in [1.54, 1.807) is 18.2 Å². The number of sulfonamides is 1. The van der Waals surface area contributed by atoms with E-state index in [9.17, 15) is 18.0 Å². The lowest BCUT2D eigenvalue weighted by Gasteiger charge is -2.19. The highest BCUT2D eigenvalue weighted by molar-refractivity contribution is 7.92. The second kappa shape index (κ2) is 8.58. The molecule has 1 saturated heterocycles. The first-order valence-electron chi connectivity index (χ1n) is 10.8. The minimum absolute atomic E-state index is 0.0325. The molecule has 2 aromatic carbocycles. The van der Waals surface area contributed by atoms with Crippen LogP contribution in [-0.2, 0) is 26.2 Å². The van der Waals surface area contributed by atoms with Gasteiger partial charge in [-0.05, 0) is 61.6 Å². The fourth-order valence-electron chi connectivity index (χ4n) is 4.64. The van der Waals surface area contributed by atoms with E-state index >= 15 is 0 Å². The summed E-state index contributed by atoms with van der Waals surface area (Å²) in [6, 6.07) is 10.3. The zero-order chi connectivity index (χ0) is 23.0. The number of rotatable bonds is 6. The van der Waals surface area contributed by atoms with Crippen molar-refractivity contribution >= 4 is 27.5 Å². The van der Waals surface area contributed by atoms with E-state index < -0.39 is 10.0 Å². The van der Waals surface area contributed by atoms with Crippen molar-refractivity contribution in [3.63, 3.8) is 0 Å². The number of hydrogen-bond donors (Lipinski definition) is 1. The molecule has 2 aliphatic rings. The van der Waals surface area contributed by atoms with Crippen LogP contribution < -0.4 is 9.46 Å². The Morgan fingerprint density at radius 3 is 2.28 bits per heavy atom. The lowest BCUT2D eigenvalue weighted by atomic mass is 9.81. The molecule has 1 N–H and O–H groups in total. The Hall–Kier alpha value is -2.87. The number of methoxy groups -OCH3 is 1. The molecule has 0 radical (unpaired) electrons. The van der Waals surface area contributed by atoms with Gasteiger partial charge in [0.1, 0.15) is 10.6 Å². The Morgan fingerprint density at radius 2 is 1.66 bits per heavy atom. The third-order valence-corrected chi connectivity index (χ3v) is 7.81. The smallest absolute Gasteiger partial charge is 0.265 e. The van der Waals surface area contributed by atoms with Crippen molar-refractivity contribution < 1.29 is 22.7 Å². The van der Waals surface area contributed by atoms with Crippen molar-refractivity contribution in [3.8, 4) is 5.75 Å². The van der Waals surface area contributed by atoms with Crippen molar-refractivity contribution in [1.29, 1.82) is 0 Å². The van der Waals surface area contributed by atoms with E-state index in [0.717, 1.165) is 36.8 Å². The summed E-state index contributed by atoms with van der Waals surface area (Å²) < 4.78 is 34.4. The van der Waals surface area contributed by atoms with Crippen LogP contribution in [0.1, 0.15) is 42.4 Å². The Morgan fingerprint density at radius 1 is 1.00 bits per heavy atom. The number of aryl methyl sites for hydroxylation is 2.